The molecule has 3 aromatic carbocycles. The maximum Gasteiger partial charge on any atom is 0.352 e. The van der Waals surface area contributed by atoms with Crippen molar-refractivity contribution in [2.24, 2.45) is 0 Å². The third-order valence-electron chi connectivity index (χ3n) is 6.13. The molecule has 1 aromatic heterocycles. The summed E-state index contributed by atoms with van der Waals surface area (Å²) in [5.74, 6) is 1.65. The van der Waals surface area contributed by atoms with Crippen LogP contribution >= 0.6 is 11.6 Å². The van der Waals surface area contributed by atoms with Crippen LogP contribution in [0.1, 0.15) is 34.1 Å². The Hall–Kier alpha value is -3.84. The van der Waals surface area contributed by atoms with Crippen LogP contribution < -0.4 is 18.9 Å². The minimum atomic E-state index is -0.990. The van der Waals surface area contributed by atoms with Crippen molar-refractivity contribution in [3.05, 3.63) is 82.0 Å². The summed E-state index contributed by atoms with van der Waals surface area (Å²) in [6, 6.07) is 16.8. The molecule has 1 N–H and O–H groups in total. The zero-order valence-corrected chi connectivity index (χ0v) is 20.1. The number of fused-ring (bicyclic) bond motifs is 2. The first kappa shape index (κ1) is 22.9. The second kappa shape index (κ2) is 9.43. The van der Waals surface area contributed by atoms with Crippen LogP contribution in [0.25, 0.3) is 10.9 Å². The van der Waals surface area contributed by atoms with Crippen LogP contribution in [0.4, 0.5) is 0 Å². The summed E-state index contributed by atoms with van der Waals surface area (Å²) in [5.41, 5.74) is 3.54. The molecule has 35 heavy (non-hydrogen) atoms. The molecule has 0 radical (unpaired) electrons. The van der Waals surface area contributed by atoms with Crippen molar-refractivity contribution in [1.82, 2.24) is 4.57 Å². The highest BCUT2D eigenvalue weighted by molar-refractivity contribution is 6.31. The molecule has 0 saturated heterocycles. The number of carboxylic acid groups (broad SMARTS) is 1. The van der Waals surface area contributed by atoms with Crippen LogP contribution in [-0.2, 0) is 19.6 Å². The van der Waals surface area contributed by atoms with E-state index in [-0.39, 0.29) is 19.0 Å². The molecule has 4 aromatic rings. The highest BCUT2D eigenvalue weighted by atomic mass is 35.5. The summed E-state index contributed by atoms with van der Waals surface area (Å²) in [6.45, 7) is 2.75. The van der Waals surface area contributed by atoms with Gasteiger partial charge in [-0.25, -0.2) is 4.79 Å². The van der Waals surface area contributed by atoms with E-state index in [1.807, 2.05) is 49.4 Å². The molecule has 8 heteroatoms. The van der Waals surface area contributed by atoms with Gasteiger partial charge in [-0.2, -0.15) is 0 Å². The van der Waals surface area contributed by atoms with Gasteiger partial charge in [-0.3, -0.25) is 0 Å². The number of benzene rings is 3. The SMILES string of the molecule is CCc1c(C(=O)O)n(Cc2cc3c(cc2Cl)OCO3)c2ccc(OCc3ccc(OC)cc3)cc12. The van der Waals surface area contributed by atoms with Gasteiger partial charge in [0.15, 0.2) is 11.5 Å². The van der Waals surface area contributed by atoms with Crippen molar-refractivity contribution in [3.8, 4) is 23.0 Å². The first-order chi connectivity index (χ1) is 17.0. The molecule has 0 saturated carbocycles. The van der Waals surface area contributed by atoms with E-state index in [4.69, 9.17) is 30.5 Å². The molecule has 2 heterocycles. The van der Waals surface area contributed by atoms with E-state index in [0.717, 1.165) is 33.3 Å². The number of aromatic nitrogens is 1. The van der Waals surface area contributed by atoms with Crippen molar-refractivity contribution >= 4 is 28.5 Å². The maximum atomic E-state index is 12.3. The fourth-order valence-corrected chi connectivity index (χ4v) is 4.61. The monoisotopic (exact) mass is 493 g/mol. The number of rotatable bonds is 8. The number of ether oxygens (including phenoxy) is 4. The summed E-state index contributed by atoms with van der Waals surface area (Å²) in [7, 11) is 1.63. The Labute approximate surface area is 207 Å². The van der Waals surface area contributed by atoms with Crippen LogP contribution in [0.5, 0.6) is 23.0 Å². The smallest absolute Gasteiger partial charge is 0.352 e. The Balaban J connectivity index is 1.50. The lowest BCUT2D eigenvalue weighted by Crippen LogP contribution is -2.11. The van der Waals surface area contributed by atoms with Gasteiger partial charge in [0.2, 0.25) is 6.79 Å². The molecule has 0 fully saturated rings. The average molecular weight is 494 g/mol. The third-order valence-corrected chi connectivity index (χ3v) is 6.48. The van der Waals surface area contributed by atoms with Crippen LogP contribution in [0.3, 0.4) is 0 Å². The van der Waals surface area contributed by atoms with Gasteiger partial charge < -0.3 is 28.6 Å². The van der Waals surface area contributed by atoms with E-state index in [1.165, 1.54) is 0 Å². The first-order valence-corrected chi connectivity index (χ1v) is 11.6. The van der Waals surface area contributed by atoms with Crippen molar-refractivity contribution < 1.29 is 28.8 Å². The summed E-state index contributed by atoms with van der Waals surface area (Å²) in [6.07, 6.45) is 0.557. The molecule has 0 aliphatic carbocycles. The summed E-state index contributed by atoms with van der Waals surface area (Å²) < 4.78 is 23.9. The fourth-order valence-electron chi connectivity index (χ4n) is 4.40. The van der Waals surface area contributed by atoms with Crippen molar-refractivity contribution in [2.45, 2.75) is 26.5 Å². The van der Waals surface area contributed by atoms with Crippen molar-refractivity contribution in [1.29, 1.82) is 0 Å². The van der Waals surface area contributed by atoms with E-state index in [9.17, 15) is 9.90 Å². The Morgan fingerprint density at radius 1 is 1.06 bits per heavy atom. The Kier molecular flexibility index (Phi) is 6.17. The molecular weight excluding hydrogens is 470 g/mol. The molecule has 0 atom stereocenters. The van der Waals surface area contributed by atoms with Crippen molar-refractivity contribution in [2.75, 3.05) is 13.9 Å². The number of nitrogens with zero attached hydrogens (tertiary/aromatic N) is 1. The summed E-state index contributed by atoms with van der Waals surface area (Å²) >= 11 is 6.50. The number of hydrogen-bond donors (Lipinski definition) is 1. The molecule has 0 unspecified atom stereocenters. The second-order valence-electron chi connectivity index (χ2n) is 8.18. The van der Waals surface area contributed by atoms with Gasteiger partial charge in [0.25, 0.3) is 0 Å². The zero-order chi connectivity index (χ0) is 24.5. The molecule has 180 valence electrons. The topological polar surface area (TPSA) is 79.2 Å². The van der Waals surface area contributed by atoms with E-state index in [0.29, 0.717) is 35.3 Å². The minimum Gasteiger partial charge on any atom is -0.497 e. The lowest BCUT2D eigenvalue weighted by molar-refractivity contribution is 0.0685. The van der Waals surface area contributed by atoms with E-state index in [1.54, 1.807) is 23.8 Å². The number of hydrogen-bond acceptors (Lipinski definition) is 5. The van der Waals surface area contributed by atoms with Gasteiger partial charge in [-0.15, -0.1) is 0 Å². The number of methoxy groups -OCH3 is 1. The lowest BCUT2D eigenvalue weighted by Gasteiger charge is -2.12. The highest BCUT2D eigenvalue weighted by Crippen LogP contribution is 2.38. The molecule has 0 spiro atoms. The standard InChI is InChI=1S/C27H24ClNO6/c1-3-20-21-11-19(33-14-16-4-6-18(32-2)7-5-16)8-9-23(21)29(26(20)27(30)31)13-17-10-24-25(12-22(17)28)35-15-34-24/h4-12H,3,13-15H2,1-2H3,(H,30,31). The average Bonchev–Trinajstić information content (AvgIpc) is 3.44. The molecule has 0 bridgehead atoms. The van der Waals surface area contributed by atoms with E-state index >= 15 is 0 Å². The number of halogens is 1. The van der Waals surface area contributed by atoms with Crippen LogP contribution in [-0.4, -0.2) is 29.5 Å². The lowest BCUT2D eigenvalue weighted by atomic mass is 10.1. The predicted molar refractivity (Wildman–Crippen MR) is 132 cm³/mol. The number of carbonyl (C=O) groups is 1. The molecule has 5 rings (SSSR count). The maximum absolute atomic E-state index is 12.3. The normalized spacial score (nSPS) is 12.2. The van der Waals surface area contributed by atoms with Gasteiger partial charge in [0, 0.05) is 22.0 Å². The number of carboxylic acids is 1. The van der Waals surface area contributed by atoms with Gasteiger partial charge in [0.05, 0.1) is 13.7 Å². The Bertz CT molecular complexity index is 1410. The molecule has 0 amide bonds. The molecule has 1 aliphatic heterocycles. The first-order valence-electron chi connectivity index (χ1n) is 11.2. The molecule has 1 aliphatic rings. The molecule has 7 nitrogen and oxygen atoms in total. The van der Waals surface area contributed by atoms with Crippen LogP contribution in [0, 0.1) is 0 Å². The largest absolute Gasteiger partial charge is 0.497 e. The zero-order valence-electron chi connectivity index (χ0n) is 19.3. The second-order valence-corrected chi connectivity index (χ2v) is 8.59. The quantitative estimate of drug-likeness (QED) is 0.328. The highest BCUT2D eigenvalue weighted by Gasteiger charge is 2.24. The van der Waals surface area contributed by atoms with Gasteiger partial charge in [-0.05, 0) is 59.5 Å². The van der Waals surface area contributed by atoms with Crippen LogP contribution in [0.2, 0.25) is 5.02 Å². The fraction of sp³-hybridized carbons (Fsp3) is 0.222. The van der Waals surface area contributed by atoms with Crippen molar-refractivity contribution in [3.63, 3.8) is 0 Å². The van der Waals surface area contributed by atoms with Gasteiger partial charge in [-0.1, -0.05) is 30.7 Å². The number of aromatic carboxylic acids is 1. The molecular formula is C27H24ClNO6. The third kappa shape index (κ3) is 4.35. The predicted octanol–water partition coefficient (Wildman–Crippen LogP) is 5.92. The summed E-state index contributed by atoms with van der Waals surface area (Å²) in [4.78, 5) is 12.3. The Morgan fingerprint density at radius 2 is 1.77 bits per heavy atom. The Morgan fingerprint density at radius 3 is 2.46 bits per heavy atom. The minimum absolute atomic E-state index is 0.140. The van der Waals surface area contributed by atoms with Gasteiger partial charge >= 0.3 is 5.97 Å². The number of aryl methyl sites for hydroxylation is 1. The van der Waals surface area contributed by atoms with Gasteiger partial charge in [0.1, 0.15) is 23.8 Å². The summed E-state index contributed by atoms with van der Waals surface area (Å²) in [5, 5.41) is 11.4. The van der Waals surface area contributed by atoms with E-state index in [2.05, 4.69) is 0 Å². The van der Waals surface area contributed by atoms with Crippen LogP contribution in [0.15, 0.2) is 54.6 Å². The van der Waals surface area contributed by atoms with E-state index < -0.39 is 5.97 Å².